The molecule has 120 valence electrons. The molecule has 3 aliphatic carbocycles. The lowest BCUT2D eigenvalue weighted by molar-refractivity contribution is -0.122. The zero-order valence-electron chi connectivity index (χ0n) is 12.9. The van der Waals surface area contributed by atoms with Gasteiger partial charge in [0, 0.05) is 18.5 Å². The van der Waals surface area contributed by atoms with E-state index >= 15 is 0 Å². The summed E-state index contributed by atoms with van der Waals surface area (Å²) in [5.41, 5.74) is 0. The minimum absolute atomic E-state index is 0. The summed E-state index contributed by atoms with van der Waals surface area (Å²) in [4.78, 5) is 12.2. The van der Waals surface area contributed by atoms with E-state index in [9.17, 15) is 4.79 Å². The predicted molar refractivity (Wildman–Crippen MR) is 86.5 cm³/mol. The molecule has 4 rings (SSSR count). The Kier molecular flexibility index (Phi) is 4.80. The molecule has 4 fully saturated rings. The zero-order chi connectivity index (χ0) is 13.5. The number of hydrogen-bond acceptors (Lipinski definition) is 2. The van der Waals surface area contributed by atoms with Gasteiger partial charge in [-0.05, 0) is 75.2 Å². The summed E-state index contributed by atoms with van der Waals surface area (Å²) in [6.07, 6.45) is 11.3. The molecule has 6 unspecified atom stereocenters. The van der Waals surface area contributed by atoms with Gasteiger partial charge in [-0.25, -0.2) is 0 Å². The van der Waals surface area contributed by atoms with Gasteiger partial charge in [0.15, 0.2) is 0 Å². The molecule has 4 aliphatic rings. The van der Waals surface area contributed by atoms with Crippen LogP contribution in [-0.2, 0) is 4.79 Å². The highest BCUT2D eigenvalue weighted by molar-refractivity contribution is 5.85. The Hall–Kier alpha value is -0.280. The predicted octanol–water partition coefficient (Wildman–Crippen LogP) is 2.88. The van der Waals surface area contributed by atoms with Crippen LogP contribution < -0.4 is 10.6 Å². The first kappa shape index (κ1) is 15.6. The molecule has 2 N–H and O–H groups in total. The van der Waals surface area contributed by atoms with Crippen molar-refractivity contribution in [3.05, 3.63) is 0 Å². The third kappa shape index (κ3) is 2.96. The minimum atomic E-state index is 0. The molecule has 4 heteroatoms. The molecule has 0 spiro atoms. The van der Waals surface area contributed by atoms with Crippen molar-refractivity contribution in [2.45, 2.75) is 69.9 Å². The number of fused-ring (bicyclic) bond motifs is 5. The first-order valence-electron chi connectivity index (χ1n) is 8.84. The van der Waals surface area contributed by atoms with Gasteiger partial charge in [0.2, 0.25) is 5.91 Å². The van der Waals surface area contributed by atoms with E-state index in [0.717, 1.165) is 43.1 Å². The van der Waals surface area contributed by atoms with Crippen molar-refractivity contribution in [2.75, 3.05) is 6.54 Å². The lowest BCUT2D eigenvalue weighted by Crippen LogP contribution is -2.42. The van der Waals surface area contributed by atoms with Crippen LogP contribution in [0.15, 0.2) is 0 Å². The molecule has 3 nitrogen and oxygen atoms in total. The van der Waals surface area contributed by atoms with Crippen LogP contribution in [0.4, 0.5) is 0 Å². The molecular weight excluding hydrogens is 284 g/mol. The number of hydrogen-bond donors (Lipinski definition) is 2. The summed E-state index contributed by atoms with van der Waals surface area (Å²) >= 11 is 0. The second kappa shape index (κ2) is 6.45. The molecule has 0 aromatic carbocycles. The van der Waals surface area contributed by atoms with Crippen LogP contribution in [0.2, 0.25) is 0 Å². The van der Waals surface area contributed by atoms with Gasteiger partial charge in [-0.1, -0.05) is 6.42 Å². The van der Waals surface area contributed by atoms with Crippen molar-refractivity contribution in [3.63, 3.8) is 0 Å². The van der Waals surface area contributed by atoms with E-state index in [1.54, 1.807) is 0 Å². The number of carbonyl (C=O) groups is 1. The fourth-order valence-electron chi connectivity index (χ4n) is 5.82. The van der Waals surface area contributed by atoms with Crippen molar-refractivity contribution in [1.82, 2.24) is 10.6 Å². The van der Waals surface area contributed by atoms with Crippen LogP contribution in [0.5, 0.6) is 0 Å². The van der Waals surface area contributed by atoms with Crippen LogP contribution >= 0.6 is 12.4 Å². The maximum atomic E-state index is 12.2. The lowest BCUT2D eigenvalue weighted by atomic mass is 9.79. The molecule has 0 aromatic heterocycles. The highest BCUT2D eigenvalue weighted by Crippen LogP contribution is 2.58. The Morgan fingerprint density at radius 1 is 1.05 bits per heavy atom. The van der Waals surface area contributed by atoms with E-state index in [4.69, 9.17) is 0 Å². The SMILES string of the molecule is Cl.O=C(CCC1CCCN1)NC1CC2CC1C1CCCC21. The lowest BCUT2D eigenvalue weighted by Gasteiger charge is -2.32. The largest absolute Gasteiger partial charge is 0.353 e. The monoisotopic (exact) mass is 312 g/mol. The van der Waals surface area contributed by atoms with Gasteiger partial charge in [-0.15, -0.1) is 12.4 Å². The summed E-state index contributed by atoms with van der Waals surface area (Å²) in [6, 6.07) is 1.11. The first-order chi connectivity index (χ1) is 9.81. The van der Waals surface area contributed by atoms with E-state index in [2.05, 4.69) is 10.6 Å². The van der Waals surface area contributed by atoms with E-state index in [-0.39, 0.29) is 12.4 Å². The molecule has 1 aliphatic heterocycles. The van der Waals surface area contributed by atoms with Crippen LogP contribution in [0.3, 0.4) is 0 Å². The van der Waals surface area contributed by atoms with Gasteiger partial charge in [0.1, 0.15) is 0 Å². The Bertz CT molecular complexity index is 383. The minimum Gasteiger partial charge on any atom is -0.353 e. The molecule has 0 radical (unpaired) electrons. The molecule has 1 heterocycles. The molecule has 2 bridgehead atoms. The van der Waals surface area contributed by atoms with Gasteiger partial charge in [-0.3, -0.25) is 4.79 Å². The number of amides is 1. The fourth-order valence-corrected chi connectivity index (χ4v) is 5.82. The van der Waals surface area contributed by atoms with Crippen molar-refractivity contribution >= 4 is 18.3 Å². The Morgan fingerprint density at radius 3 is 2.71 bits per heavy atom. The second-order valence-electron chi connectivity index (χ2n) is 7.66. The van der Waals surface area contributed by atoms with Crippen molar-refractivity contribution in [1.29, 1.82) is 0 Å². The maximum Gasteiger partial charge on any atom is 0.220 e. The normalized spacial score (nSPS) is 43.6. The highest BCUT2D eigenvalue weighted by Gasteiger charge is 2.53. The fraction of sp³-hybridized carbons (Fsp3) is 0.941. The molecule has 3 saturated carbocycles. The molecular formula is C17H29ClN2O. The quantitative estimate of drug-likeness (QED) is 0.838. The summed E-state index contributed by atoms with van der Waals surface area (Å²) < 4.78 is 0. The van der Waals surface area contributed by atoms with E-state index in [1.807, 2.05) is 0 Å². The molecule has 1 amide bonds. The second-order valence-corrected chi connectivity index (χ2v) is 7.66. The molecule has 6 atom stereocenters. The maximum absolute atomic E-state index is 12.2. The number of halogens is 1. The van der Waals surface area contributed by atoms with Gasteiger partial charge in [0.05, 0.1) is 0 Å². The number of carbonyl (C=O) groups excluding carboxylic acids is 1. The smallest absolute Gasteiger partial charge is 0.220 e. The zero-order valence-corrected chi connectivity index (χ0v) is 13.7. The van der Waals surface area contributed by atoms with Crippen molar-refractivity contribution in [3.8, 4) is 0 Å². The standard InChI is InChI=1S/C17H28N2O.ClH/c20-17(7-6-12-3-2-8-18-12)19-16-10-11-9-15(16)14-5-1-4-13(11)14;/h11-16,18H,1-10H2,(H,19,20);1H. The summed E-state index contributed by atoms with van der Waals surface area (Å²) in [6.45, 7) is 1.14. The van der Waals surface area contributed by atoms with Crippen molar-refractivity contribution in [2.24, 2.45) is 23.7 Å². The highest BCUT2D eigenvalue weighted by atomic mass is 35.5. The third-order valence-electron chi connectivity index (χ3n) is 6.66. The number of rotatable bonds is 4. The average molecular weight is 313 g/mol. The molecule has 1 saturated heterocycles. The topological polar surface area (TPSA) is 41.1 Å². The van der Waals surface area contributed by atoms with Gasteiger partial charge < -0.3 is 10.6 Å². The van der Waals surface area contributed by atoms with Crippen LogP contribution in [0.1, 0.15) is 57.8 Å². The number of nitrogens with one attached hydrogen (secondary N) is 2. The van der Waals surface area contributed by atoms with E-state index < -0.39 is 0 Å². The van der Waals surface area contributed by atoms with Crippen LogP contribution in [-0.4, -0.2) is 24.5 Å². The molecule has 0 aromatic rings. The summed E-state index contributed by atoms with van der Waals surface area (Å²) in [7, 11) is 0. The average Bonchev–Trinajstić information content (AvgIpc) is 3.18. The Balaban J connectivity index is 0.00000132. The molecule has 21 heavy (non-hydrogen) atoms. The first-order valence-corrected chi connectivity index (χ1v) is 8.84. The van der Waals surface area contributed by atoms with E-state index in [1.165, 1.54) is 44.9 Å². The van der Waals surface area contributed by atoms with Gasteiger partial charge in [0.25, 0.3) is 0 Å². The Morgan fingerprint density at radius 2 is 1.90 bits per heavy atom. The summed E-state index contributed by atoms with van der Waals surface area (Å²) in [5, 5.41) is 6.86. The van der Waals surface area contributed by atoms with Gasteiger partial charge in [-0.2, -0.15) is 0 Å². The van der Waals surface area contributed by atoms with Crippen LogP contribution in [0.25, 0.3) is 0 Å². The van der Waals surface area contributed by atoms with Crippen LogP contribution in [0, 0.1) is 23.7 Å². The van der Waals surface area contributed by atoms with E-state index in [0.29, 0.717) is 18.0 Å². The van der Waals surface area contributed by atoms with Crippen molar-refractivity contribution < 1.29 is 4.79 Å². The Labute approximate surface area is 134 Å². The summed E-state index contributed by atoms with van der Waals surface area (Å²) in [5.74, 6) is 4.05. The van der Waals surface area contributed by atoms with Gasteiger partial charge >= 0.3 is 0 Å². The third-order valence-corrected chi connectivity index (χ3v) is 6.66.